The van der Waals surface area contributed by atoms with Crippen LogP contribution in [0.15, 0.2) is 48.9 Å². The van der Waals surface area contributed by atoms with Gasteiger partial charge in [-0.15, -0.1) is 5.10 Å². The molecule has 0 fully saturated rings. The molecule has 4 rings (SSSR count). The molecule has 1 aromatic carbocycles. The van der Waals surface area contributed by atoms with Crippen LogP contribution in [0.25, 0.3) is 5.82 Å². The van der Waals surface area contributed by atoms with Gasteiger partial charge < -0.3 is 15.8 Å². The van der Waals surface area contributed by atoms with Crippen molar-refractivity contribution in [2.75, 3.05) is 11.1 Å². The minimum atomic E-state index is -5.02. The quantitative estimate of drug-likeness (QED) is 0.253. The smallest absolute Gasteiger partial charge is 0.434 e. The average molecular weight is 603 g/mol. The first kappa shape index (κ1) is 24.2. The van der Waals surface area contributed by atoms with E-state index >= 15 is 0 Å². The van der Waals surface area contributed by atoms with Crippen LogP contribution < -0.4 is 15.8 Å². The predicted molar refractivity (Wildman–Crippen MR) is 120 cm³/mol. The molecule has 15 heteroatoms. The van der Waals surface area contributed by atoms with Gasteiger partial charge in [0.2, 0.25) is 0 Å². The summed E-state index contributed by atoms with van der Waals surface area (Å²) in [5, 5.41) is 12.7. The highest BCUT2D eigenvalue weighted by Crippen LogP contribution is 2.35. The van der Waals surface area contributed by atoms with Crippen LogP contribution in [0.2, 0.25) is 0 Å². The lowest BCUT2D eigenvalue weighted by molar-refractivity contribution is -0.143. The van der Waals surface area contributed by atoms with Crippen molar-refractivity contribution in [1.82, 2.24) is 25.0 Å². The number of carbonyl (C=O) groups is 1. The molecule has 0 bridgehead atoms. The molecule has 0 atom stereocenters. The fourth-order valence-electron chi connectivity index (χ4n) is 2.93. The topological polar surface area (TPSA) is 121 Å². The molecule has 0 aliphatic rings. The average Bonchev–Trinajstić information content (AvgIpc) is 3.26. The molecule has 1 amide bonds. The maximum absolute atomic E-state index is 14.6. The summed E-state index contributed by atoms with van der Waals surface area (Å²) in [6.45, 7) is 0. The highest BCUT2D eigenvalue weighted by atomic mass is 127. The van der Waals surface area contributed by atoms with Gasteiger partial charge in [-0.2, -0.15) is 23.4 Å². The van der Waals surface area contributed by atoms with Gasteiger partial charge in [0.15, 0.2) is 28.9 Å². The number of pyridine rings is 1. The van der Waals surface area contributed by atoms with Crippen LogP contribution in [0.3, 0.4) is 0 Å². The van der Waals surface area contributed by atoms with E-state index in [-0.39, 0.29) is 17.4 Å². The Labute approximate surface area is 206 Å². The molecule has 0 unspecified atom stereocenters. The Balaban J connectivity index is 1.64. The molecular formula is C20H11F5IN7O2. The Kier molecular flexibility index (Phi) is 6.51. The molecular weight excluding hydrogens is 592 g/mol. The summed E-state index contributed by atoms with van der Waals surface area (Å²) in [5.74, 6) is -4.75. The van der Waals surface area contributed by atoms with E-state index in [4.69, 9.17) is 10.5 Å². The number of benzene rings is 1. The van der Waals surface area contributed by atoms with Crippen LogP contribution in [0.5, 0.6) is 11.5 Å². The van der Waals surface area contributed by atoms with E-state index in [2.05, 4.69) is 20.3 Å². The molecule has 0 radical (unpaired) electrons. The third kappa shape index (κ3) is 4.98. The van der Waals surface area contributed by atoms with Gasteiger partial charge in [-0.05, 0) is 34.7 Å². The molecule has 180 valence electrons. The zero-order valence-corrected chi connectivity index (χ0v) is 19.2. The monoisotopic (exact) mass is 603 g/mol. The van der Waals surface area contributed by atoms with Gasteiger partial charge in [-0.25, -0.2) is 18.4 Å². The first-order valence-electron chi connectivity index (χ1n) is 9.37. The number of rotatable bonds is 5. The Morgan fingerprint density at radius 1 is 1.14 bits per heavy atom. The first-order chi connectivity index (χ1) is 16.6. The summed E-state index contributed by atoms with van der Waals surface area (Å²) < 4.78 is 76.4. The zero-order chi connectivity index (χ0) is 25.3. The van der Waals surface area contributed by atoms with Crippen molar-refractivity contribution < 1.29 is 31.5 Å². The van der Waals surface area contributed by atoms with Gasteiger partial charge in [0.05, 0.1) is 15.3 Å². The zero-order valence-electron chi connectivity index (χ0n) is 17.0. The Morgan fingerprint density at radius 3 is 2.49 bits per heavy atom. The van der Waals surface area contributed by atoms with Gasteiger partial charge in [-0.1, -0.05) is 0 Å². The molecule has 0 aliphatic carbocycles. The third-order valence-electron chi connectivity index (χ3n) is 4.41. The largest absolute Gasteiger partial charge is 0.450 e. The molecule has 3 N–H and O–H groups in total. The minimum Gasteiger partial charge on any atom is -0.450 e. The summed E-state index contributed by atoms with van der Waals surface area (Å²) in [4.78, 5) is 16.4. The molecule has 3 aromatic heterocycles. The van der Waals surface area contributed by atoms with E-state index in [1.807, 2.05) is 5.32 Å². The fourth-order valence-corrected chi connectivity index (χ4v) is 3.35. The maximum Gasteiger partial charge on any atom is 0.434 e. The van der Waals surface area contributed by atoms with Crippen molar-refractivity contribution in [3.63, 3.8) is 0 Å². The van der Waals surface area contributed by atoms with Crippen LogP contribution in [0.1, 0.15) is 16.1 Å². The molecule has 0 saturated heterocycles. The van der Waals surface area contributed by atoms with E-state index in [0.29, 0.717) is 26.6 Å². The lowest BCUT2D eigenvalue weighted by atomic mass is 10.2. The number of halogens is 6. The van der Waals surface area contributed by atoms with Crippen molar-refractivity contribution in [3.05, 3.63) is 75.4 Å². The highest BCUT2D eigenvalue weighted by Gasteiger charge is 2.41. The lowest BCUT2D eigenvalue weighted by Gasteiger charge is -2.13. The van der Waals surface area contributed by atoms with Crippen LogP contribution in [-0.4, -0.2) is 30.9 Å². The molecule has 0 saturated carbocycles. The van der Waals surface area contributed by atoms with Gasteiger partial charge >= 0.3 is 6.18 Å². The standard InChI is InChI=1S/C20H11F5IN7O2/c21-11-6-9(7-12(22)16(11)35-13-3-5-28-18(27)15(13)26)31-19(34)10-8-30-33(17(10)20(23,24)25)14-2-1-4-29-32-14/h1-8H,(H2,27,28)(H,31,34). The Morgan fingerprint density at radius 2 is 1.86 bits per heavy atom. The fraction of sp³-hybridized carbons (Fsp3) is 0.0500. The summed E-state index contributed by atoms with van der Waals surface area (Å²) in [7, 11) is 0. The summed E-state index contributed by atoms with van der Waals surface area (Å²) in [6, 6.07) is 5.25. The number of carbonyl (C=O) groups excluding carboxylic acids is 1. The number of ether oxygens (including phenoxy) is 1. The summed E-state index contributed by atoms with van der Waals surface area (Å²) >= 11 is 1.78. The molecule has 9 nitrogen and oxygen atoms in total. The maximum atomic E-state index is 14.6. The number of aromatic nitrogens is 5. The van der Waals surface area contributed by atoms with Crippen LogP contribution in [-0.2, 0) is 6.18 Å². The molecule has 35 heavy (non-hydrogen) atoms. The van der Waals surface area contributed by atoms with E-state index in [1.165, 1.54) is 30.6 Å². The number of anilines is 2. The van der Waals surface area contributed by atoms with Gasteiger partial charge in [-0.3, -0.25) is 4.79 Å². The second-order valence-corrected chi connectivity index (χ2v) is 7.81. The van der Waals surface area contributed by atoms with E-state index < -0.39 is 46.4 Å². The van der Waals surface area contributed by atoms with E-state index in [1.54, 1.807) is 22.6 Å². The van der Waals surface area contributed by atoms with E-state index in [9.17, 15) is 26.7 Å². The number of nitrogens with zero attached hydrogens (tertiary/aromatic N) is 5. The number of nitrogens with two attached hydrogens (primary N) is 1. The third-order valence-corrected chi connectivity index (χ3v) is 5.49. The SMILES string of the molecule is Nc1nccc(Oc2c(F)cc(NC(=O)c3cnn(-c4cccnn4)c3C(F)(F)F)cc2F)c1I. The number of amides is 1. The normalized spacial score (nSPS) is 11.4. The minimum absolute atomic E-state index is 0.0268. The van der Waals surface area contributed by atoms with Gasteiger partial charge in [0, 0.05) is 36.3 Å². The number of hydrogen-bond donors (Lipinski definition) is 2. The predicted octanol–water partition coefficient (Wildman–Crippen LogP) is 4.59. The van der Waals surface area contributed by atoms with Crippen LogP contribution in [0, 0.1) is 15.2 Å². The molecule has 0 spiro atoms. The van der Waals surface area contributed by atoms with Crippen molar-refractivity contribution >= 4 is 40.0 Å². The van der Waals surface area contributed by atoms with Crippen LogP contribution >= 0.6 is 22.6 Å². The number of alkyl halides is 3. The van der Waals surface area contributed by atoms with Crippen molar-refractivity contribution in [1.29, 1.82) is 0 Å². The van der Waals surface area contributed by atoms with E-state index in [0.717, 1.165) is 0 Å². The number of nitrogen functional groups attached to an aromatic ring is 1. The van der Waals surface area contributed by atoms with Crippen LogP contribution in [0.4, 0.5) is 33.5 Å². The van der Waals surface area contributed by atoms with Crippen molar-refractivity contribution in [2.45, 2.75) is 6.18 Å². The summed E-state index contributed by atoms with van der Waals surface area (Å²) in [5.41, 5.74) is 2.84. The van der Waals surface area contributed by atoms with Gasteiger partial charge in [0.25, 0.3) is 5.91 Å². The molecule has 3 heterocycles. The van der Waals surface area contributed by atoms with Gasteiger partial charge in [0.1, 0.15) is 11.6 Å². The molecule has 0 aliphatic heterocycles. The van der Waals surface area contributed by atoms with Crippen molar-refractivity contribution in [2.24, 2.45) is 0 Å². The second-order valence-electron chi connectivity index (χ2n) is 6.73. The highest BCUT2D eigenvalue weighted by molar-refractivity contribution is 14.1. The number of hydrogen-bond acceptors (Lipinski definition) is 7. The lowest BCUT2D eigenvalue weighted by Crippen LogP contribution is -2.21. The summed E-state index contributed by atoms with van der Waals surface area (Å²) in [6.07, 6.45) is -1.84. The first-order valence-corrected chi connectivity index (χ1v) is 10.5. The Bertz CT molecular complexity index is 1390. The molecule has 4 aromatic rings. The Hall–Kier alpha value is -3.89. The van der Waals surface area contributed by atoms with Crippen molar-refractivity contribution in [3.8, 4) is 17.3 Å². The number of nitrogens with one attached hydrogen (secondary N) is 1. The second kappa shape index (κ2) is 9.40.